The second kappa shape index (κ2) is 8.65. The first-order chi connectivity index (χ1) is 12.1. The molecule has 0 bridgehead atoms. The number of hydrogen-bond donors (Lipinski definition) is 1. The van der Waals surface area contributed by atoms with Crippen LogP contribution in [0.5, 0.6) is 5.75 Å². The van der Waals surface area contributed by atoms with Crippen molar-refractivity contribution in [2.24, 2.45) is 0 Å². The molecule has 3 rings (SSSR count). The Morgan fingerprint density at radius 1 is 1.04 bits per heavy atom. The minimum Gasteiger partial charge on any atom is -0.491 e. The summed E-state index contributed by atoms with van der Waals surface area (Å²) in [6.07, 6.45) is -0.552. The maximum Gasteiger partial charge on any atom is 0.146 e. The molecule has 0 unspecified atom stereocenters. The van der Waals surface area contributed by atoms with Gasteiger partial charge in [0.05, 0.1) is 5.69 Å². The number of nitrogens with zero attached hydrogens (tertiary/aromatic N) is 2. The first-order valence-electron chi connectivity index (χ1n) is 8.40. The maximum atomic E-state index is 13.9. The minimum atomic E-state index is -0.552. The van der Waals surface area contributed by atoms with Gasteiger partial charge < -0.3 is 14.7 Å². The van der Waals surface area contributed by atoms with Crippen LogP contribution in [0.15, 0.2) is 53.0 Å². The molecular formula is C19H22BrFN2O2. The lowest BCUT2D eigenvalue weighted by atomic mass is 10.2. The number of benzene rings is 2. The zero-order valence-electron chi connectivity index (χ0n) is 13.9. The summed E-state index contributed by atoms with van der Waals surface area (Å²) in [4.78, 5) is 4.24. The van der Waals surface area contributed by atoms with Crippen LogP contribution >= 0.6 is 15.9 Å². The molecule has 0 aliphatic carbocycles. The van der Waals surface area contributed by atoms with Crippen LogP contribution in [0.25, 0.3) is 0 Å². The first-order valence-corrected chi connectivity index (χ1v) is 9.19. The van der Waals surface area contributed by atoms with E-state index in [1.165, 1.54) is 6.07 Å². The van der Waals surface area contributed by atoms with Gasteiger partial charge in [-0.25, -0.2) is 4.39 Å². The van der Waals surface area contributed by atoms with Gasteiger partial charge in [0.2, 0.25) is 0 Å². The quantitative estimate of drug-likeness (QED) is 0.796. The second-order valence-corrected chi connectivity index (χ2v) is 7.07. The molecule has 1 N–H and O–H groups in total. The van der Waals surface area contributed by atoms with Crippen LogP contribution < -0.4 is 9.64 Å². The largest absolute Gasteiger partial charge is 0.491 e. The van der Waals surface area contributed by atoms with Crippen LogP contribution in [-0.2, 0) is 0 Å². The molecular weight excluding hydrogens is 387 g/mol. The second-order valence-electron chi connectivity index (χ2n) is 6.16. The highest BCUT2D eigenvalue weighted by Crippen LogP contribution is 2.20. The van der Waals surface area contributed by atoms with E-state index >= 15 is 0 Å². The van der Waals surface area contributed by atoms with Crippen molar-refractivity contribution in [2.75, 3.05) is 44.2 Å². The minimum absolute atomic E-state index is 0.182. The summed E-state index contributed by atoms with van der Waals surface area (Å²) in [7, 11) is 0. The van der Waals surface area contributed by atoms with Crippen LogP contribution in [0.1, 0.15) is 0 Å². The molecule has 0 amide bonds. The first kappa shape index (κ1) is 18.2. The lowest BCUT2D eigenvalue weighted by Crippen LogP contribution is -2.49. The van der Waals surface area contributed by atoms with E-state index in [2.05, 4.69) is 25.7 Å². The Bertz CT molecular complexity index is 675. The van der Waals surface area contributed by atoms with Gasteiger partial charge in [-0.2, -0.15) is 0 Å². The Morgan fingerprint density at radius 3 is 2.40 bits per heavy atom. The van der Waals surface area contributed by atoms with Crippen LogP contribution in [-0.4, -0.2) is 55.4 Å². The van der Waals surface area contributed by atoms with E-state index in [-0.39, 0.29) is 12.4 Å². The smallest absolute Gasteiger partial charge is 0.146 e. The summed E-state index contributed by atoms with van der Waals surface area (Å²) < 4.78 is 20.5. The number of anilines is 1. The molecule has 4 nitrogen and oxygen atoms in total. The van der Waals surface area contributed by atoms with Crippen LogP contribution in [0, 0.1) is 5.82 Å². The molecule has 0 radical (unpaired) electrons. The predicted octanol–water partition coefficient (Wildman–Crippen LogP) is 3.15. The van der Waals surface area contributed by atoms with E-state index in [1.807, 2.05) is 36.4 Å². The topological polar surface area (TPSA) is 35.9 Å². The summed E-state index contributed by atoms with van der Waals surface area (Å²) >= 11 is 3.38. The number of hydrogen-bond acceptors (Lipinski definition) is 4. The van der Waals surface area contributed by atoms with E-state index in [4.69, 9.17) is 4.74 Å². The number of rotatable bonds is 6. The number of halogens is 2. The molecule has 1 saturated heterocycles. The fourth-order valence-electron chi connectivity index (χ4n) is 2.95. The molecule has 0 saturated carbocycles. The molecule has 0 spiro atoms. The molecule has 1 atom stereocenters. The van der Waals surface area contributed by atoms with Crippen LogP contribution in [0.4, 0.5) is 10.1 Å². The van der Waals surface area contributed by atoms with Gasteiger partial charge >= 0.3 is 0 Å². The van der Waals surface area contributed by atoms with Crippen molar-refractivity contribution in [2.45, 2.75) is 6.10 Å². The number of piperazine rings is 1. The highest BCUT2D eigenvalue weighted by molar-refractivity contribution is 9.10. The van der Waals surface area contributed by atoms with Gasteiger partial charge in [0.25, 0.3) is 0 Å². The third-order valence-corrected chi connectivity index (χ3v) is 4.82. The number of ether oxygens (including phenoxy) is 1. The third-order valence-electron chi connectivity index (χ3n) is 4.29. The zero-order valence-corrected chi connectivity index (χ0v) is 15.5. The van der Waals surface area contributed by atoms with Crippen molar-refractivity contribution in [3.8, 4) is 5.75 Å². The number of β-amino-alcohol motifs (C(OH)–C–C–N with tert-alkyl or cyclic N) is 1. The van der Waals surface area contributed by atoms with Gasteiger partial charge in [-0.1, -0.05) is 28.1 Å². The Hall–Kier alpha value is -1.63. The summed E-state index contributed by atoms with van der Waals surface area (Å²) in [6, 6.07) is 14.4. The number of aliphatic hydroxyl groups excluding tert-OH is 1. The SMILES string of the molecule is O[C@@H](COc1ccc(Br)cc1)CN1CCN(c2ccccc2F)CC1. The van der Waals surface area contributed by atoms with Gasteiger partial charge in [-0.15, -0.1) is 0 Å². The molecule has 25 heavy (non-hydrogen) atoms. The Labute approximate surface area is 155 Å². The van der Waals surface area contributed by atoms with Gasteiger partial charge in [0.15, 0.2) is 0 Å². The molecule has 1 aliphatic rings. The van der Waals surface area contributed by atoms with Gasteiger partial charge in [-0.05, 0) is 36.4 Å². The van der Waals surface area contributed by atoms with Crippen molar-refractivity contribution in [3.05, 3.63) is 58.8 Å². The van der Waals surface area contributed by atoms with E-state index in [1.54, 1.807) is 6.07 Å². The molecule has 2 aromatic carbocycles. The molecule has 6 heteroatoms. The Kier molecular flexibility index (Phi) is 6.29. The van der Waals surface area contributed by atoms with Crippen LogP contribution in [0.3, 0.4) is 0 Å². The standard InChI is InChI=1S/C19H22BrFN2O2/c20-15-5-7-17(8-6-15)25-14-16(24)13-22-9-11-23(12-10-22)19-4-2-1-3-18(19)21/h1-8,16,24H,9-14H2/t16-/m1/s1. The van der Waals surface area contributed by atoms with E-state index in [0.717, 1.165) is 36.4 Å². The van der Waals surface area contributed by atoms with Gasteiger partial charge in [-0.3, -0.25) is 4.90 Å². The molecule has 1 aliphatic heterocycles. The van der Waals surface area contributed by atoms with Crippen molar-refractivity contribution in [1.29, 1.82) is 0 Å². The predicted molar refractivity (Wildman–Crippen MR) is 101 cm³/mol. The average molecular weight is 409 g/mol. The third kappa shape index (κ3) is 5.17. The summed E-state index contributed by atoms with van der Waals surface area (Å²) in [5.74, 6) is 0.561. The Morgan fingerprint density at radius 2 is 1.72 bits per heavy atom. The summed E-state index contributed by atoms with van der Waals surface area (Å²) in [5, 5.41) is 10.2. The highest BCUT2D eigenvalue weighted by Gasteiger charge is 2.21. The van der Waals surface area contributed by atoms with Crippen molar-refractivity contribution in [3.63, 3.8) is 0 Å². The average Bonchev–Trinajstić information content (AvgIpc) is 2.62. The molecule has 0 aromatic heterocycles. The summed E-state index contributed by atoms with van der Waals surface area (Å²) in [6.45, 7) is 3.91. The lowest BCUT2D eigenvalue weighted by Gasteiger charge is -2.36. The molecule has 1 fully saturated rings. The van der Waals surface area contributed by atoms with Crippen molar-refractivity contribution in [1.82, 2.24) is 4.90 Å². The zero-order chi connectivity index (χ0) is 17.6. The normalized spacial score (nSPS) is 16.7. The molecule has 2 aromatic rings. The highest BCUT2D eigenvalue weighted by atomic mass is 79.9. The van der Waals surface area contributed by atoms with E-state index in [9.17, 15) is 9.50 Å². The fourth-order valence-corrected chi connectivity index (χ4v) is 3.22. The van der Waals surface area contributed by atoms with Crippen LogP contribution in [0.2, 0.25) is 0 Å². The lowest BCUT2D eigenvalue weighted by molar-refractivity contribution is 0.0662. The molecule has 1 heterocycles. The summed E-state index contributed by atoms with van der Waals surface area (Å²) in [5.41, 5.74) is 0.654. The van der Waals surface area contributed by atoms with Crippen molar-refractivity contribution < 1.29 is 14.2 Å². The fraction of sp³-hybridized carbons (Fsp3) is 0.368. The van der Waals surface area contributed by atoms with E-state index in [0.29, 0.717) is 12.2 Å². The van der Waals surface area contributed by atoms with Gasteiger partial charge in [0.1, 0.15) is 24.3 Å². The monoisotopic (exact) mass is 408 g/mol. The van der Waals surface area contributed by atoms with Crippen molar-refractivity contribution >= 4 is 21.6 Å². The molecule has 134 valence electrons. The Balaban J connectivity index is 1.42. The number of aliphatic hydroxyl groups is 1. The van der Waals surface area contributed by atoms with E-state index < -0.39 is 6.10 Å². The maximum absolute atomic E-state index is 13.9. The van der Waals surface area contributed by atoms with Gasteiger partial charge in [0, 0.05) is 37.2 Å². The number of para-hydroxylation sites is 1.